The van der Waals surface area contributed by atoms with Crippen molar-refractivity contribution in [1.82, 2.24) is 4.98 Å². The molecule has 0 saturated carbocycles. The lowest BCUT2D eigenvalue weighted by molar-refractivity contribution is -0.148. The zero-order chi connectivity index (χ0) is 40.2. The quantitative estimate of drug-likeness (QED) is 0.0157. The fourth-order valence-electron chi connectivity index (χ4n) is 5.01. The number of hydrazone groups is 1. The molecule has 0 aliphatic rings. The van der Waals surface area contributed by atoms with Crippen LogP contribution in [0.25, 0.3) is 10.2 Å². The van der Waals surface area contributed by atoms with Gasteiger partial charge >= 0.3 is 17.9 Å². The topological polar surface area (TPSA) is 144 Å². The van der Waals surface area contributed by atoms with E-state index < -0.39 is 24.0 Å². The Morgan fingerprint density at radius 1 is 0.842 bits per heavy atom. The third-order valence-corrected chi connectivity index (χ3v) is 8.88. The average Bonchev–Trinajstić information content (AvgIpc) is 3.66. The number of carbonyl (C=O) groups is 3. The number of aromatic nitrogens is 1. The lowest BCUT2D eigenvalue weighted by Gasteiger charge is -2.18. The summed E-state index contributed by atoms with van der Waals surface area (Å²) in [5.41, 5.74) is 6.10. The smallest absolute Gasteiger partial charge is 0.343 e. The summed E-state index contributed by atoms with van der Waals surface area (Å²) in [6.07, 6.45) is 5.24. The zero-order valence-corrected chi connectivity index (χ0v) is 32.1. The van der Waals surface area contributed by atoms with Gasteiger partial charge in [0.15, 0.2) is 6.10 Å². The largest absolute Gasteiger partial charge is 0.497 e. The van der Waals surface area contributed by atoms with Crippen LogP contribution in [0.3, 0.4) is 0 Å². The number of para-hydroxylation sites is 1. The molecular weight excluding hydrogens is 747 g/mol. The average molecular weight is 788 g/mol. The number of hydrogen-bond acceptors (Lipinski definition) is 13. The van der Waals surface area contributed by atoms with Gasteiger partial charge in [0.25, 0.3) is 0 Å². The maximum absolute atomic E-state index is 13.3. The summed E-state index contributed by atoms with van der Waals surface area (Å²) < 4.78 is 34.0. The second kappa shape index (κ2) is 22.0. The molecule has 5 rings (SSSR count). The summed E-state index contributed by atoms with van der Waals surface area (Å²) in [5.74, 6) is 6.08. The zero-order valence-electron chi connectivity index (χ0n) is 31.3. The van der Waals surface area contributed by atoms with Gasteiger partial charge in [0.1, 0.15) is 23.9 Å². The third kappa shape index (κ3) is 13.5. The predicted molar refractivity (Wildman–Crippen MR) is 219 cm³/mol. The van der Waals surface area contributed by atoms with E-state index in [1.54, 1.807) is 55.8 Å². The SMILES string of the molecule is C=CC(=O)OCCCCCOCC(COc1ccc(C(=O)Oc2ccc(C#Cc3ccc(OC)cc3)cc2/C=N/Nc2nc3ccccc3s2)cc1)OC(=O)C=C. The molecule has 0 fully saturated rings. The Morgan fingerprint density at radius 2 is 1.56 bits per heavy atom. The van der Waals surface area contributed by atoms with Crippen LogP contribution in [-0.4, -0.2) is 68.7 Å². The third-order valence-electron chi connectivity index (χ3n) is 7.93. The van der Waals surface area contributed by atoms with Gasteiger partial charge in [-0.3, -0.25) is 5.43 Å². The number of benzene rings is 4. The Hall–Kier alpha value is -6.75. The minimum absolute atomic E-state index is 0.00231. The van der Waals surface area contributed by atoms with Gasteiger partial charge in [0, 0.05) is 35.4 Å². The summed E-state index contributed by atoms with van der Waals surface area (Å²) in [6, 6.07) is 26.8. The number of esters is 3. The van der Waals surface area contributed by atoms with Crippen LogP contribution in [0.5, 0.6) is 17.2 Å². The second-order valence-electron chi connectivity index (χ2n) is 12.1. The van der Waals surface area contributed by atoms with Crippen LogP contribution in [0.2, 0.25) is 0 Å². The van der Waals surface area contributed by atoms with E-state index in [0.717, 1.165) is 46.5 Å². The highest BCUT2D eigenvalue weighted by molar-refractivity contribution is 7.22. The van der Waals surface area contributed by atoms with E-state index in [1.807, 2.05) is 48.5 Å². The number of methoxy groups -OCH3 is 1. The lowest BCUT2D eigenvalue weighted by atomic mass is 10.1. The molecule has 0 radical (unpaired) electrons. The van der Waals surface area contributed by atoms with E-state index in [-0.39, 0.29) is 24.5 Å². The Balaban J connectivity index is 1.20. The van der Waals surface area contributed by atoms with Crippen molar-refractivity contribution in [2.75, 3.05) is 39.0 Å². The molecule has 4 aromatic carbocycles. The van der Waals surface area contributed by atoms with Crippen LogP contribution in [0, 0.1) is 11.8 Å². The molecule has 57 heavy (non-hydrogen) atoms. The standard InChI is InChI=1S/C44H41N3O9S/c1-4-41(48)53-26-10-6-9-25-52-29-37(55-42(49)5-2)30-54-36-22-18-33(19-23-36)43(50)56-39-24-17-32(14-13-31-15-20-35(51-3)21-16-31)27-34(39)28-45-47-44-46-38-11-7-8-12-40(38)57-44/h4-5,7-8,11-12,15-24,27-28,37H,1-2,6,9-10,25-26,29-30H2,3H3,(H,46,47)/b45-28+. The summed E-state index contributed by atoms with van der Waals surface area (Å²) in [5, 5.41) is 4.99. The molecule has 13 heteroatoms. The van der Waals surface area contributed by atoms with Gasteiger partial charge in [-0.15, -0.1) is 0 Å². The van der Waals surface area contributed by atoms with Crippen molar-refractivity contribution in [1.29, 1.82) is 0 Å². The first kappa shape index (κ1) is 41.4. The number of ether oxygens (including phenoxy) is 6. The minimum atomic E-state index is -0.707. The van der Waals surface area contributed by atoms with Gasteiger partial charge in [-0.05, 0) is 98.1 Å². The number of hydrogen-bond donors (Lipinski definition) is 1. The van der Waals surface area contributed by atoms with Gasteiger partial charge in [-0.25, -0.2) is 19.4 Å². The van der Waals surface area contributed by atoms with E-state index in [1.165, 1.54) is 11.3 Å². The van der Waals surface area contributed by atoms with Gasteiger partial charge in [0.05, 0.1) is 42.3 Å². The molecule has 0 spiro atoms. The van der Waals surface area contributed by atoms with Crippen molar-refractivity contribution in [3.8, 4) is 29.1 Å². The molecule has 0 amide bonds. The Kier molecular flexibility index (Phi) is 16.0. The summed E-state index contributed by atoms with van der Waals surface area (Å²) >= 11 is 1.47. The monoisotopic (exact) mass is 787 g/mol. The predicted octanol–water partition coefficient (Wildman–Crippen LogP) is 7.76. The molecule has 12 nitrogen and oxygen atoms in total. The number of rotatable bonds is 20. The summed E-state index contributed by atoms with van der Waals surface area (Å²) in [4.78, 5) is 40.9. The van der Waals surface area contributed by atoms with Crippen molar-refractivity contribution < 1.29 is 42.8 Å². The molecule has 1 atom stereocenters. The van der Waals surface area contributed by atoms with Gasteiger partial charge in [-0.2, -0.15) is 5.10 Å². The lowest BCUT2D eigenvalue weighted by Crippen LogP contribution is -2.29. The fraction of sp³-hybridized carbons (Fsp3) is 0.205. The molecule has 1 N–H and O–H groups in total. The van der Waals surface area contributed by atoms with E-state index in [2.05, 4.69) is 40.5 Å². The second-order valence-corrected chi connectivity index (χ2v) is 13.1. The number of thiazole rings is 1. The maximum atomic E-state index is 13.3. The highest BCUT2D eigenvalue weighted by Gasteiger charge is 2.16. The summed E-state index contributed by atoms with van der Waals surface area (Å²) in [6.45, 7) is 7.64. The van der Waals surface area contributed by atoms with Gasteiger partial charge in [0.2, 0.25) is 5.13 Å². The highest BCUT2D eigenvalue weighted by Crippen LogP contribution is 2.26. The number of fused-ring (bicyclic) bond motifs is 1. The molecule has 5 aromatic rings. The van der Waals surface area contributed by atoms with E-state index in [4.69, 9.17) is 28.4 Å². The van der Waals surface area contributed by atoms with Crippen molar-refractivity contribution in [2.45, 2.75) is 25.4 Å². The van der Waals surface area contributed by atoms with Gasteiger partial charge in [-0.1, -0.05) is 48.5 Å². The van der Waals surface area contributed by atoms with Crippen LogP contribution in [0.4, 0.5) is 5.13 Å². The Bertz CT molecular complexity index is 2210. The maximum Gasteiger partial charge on any atom is 0.343 e. The highest BCUT2D eigenvalue weighted by atomic mass is 32.1. The Labute approximate surface area is 334 Å². The molecule has 1 aromatic heterocycles. The number of unbranched alkanes of at least 4 members (excludes halogenated alkanes) is 2. The van der Waals surface area contributed by atoms with Crippen molar-refractivity contribution in [2.24, 2.45) is 5.10 Å². The first-order valence-electron chi connectivity index (χ1n) is 17.9. The minimum Gasteiger partial charge on any atom is -0.497 e. The molecule has 0 aliphatic heterocycles. The van der Waals surface area contributed by atoms with Crippen molar-refractivity contribution in [3.05, 3.63) is 139 Å². The molecule has 0 saturated heterocycles. The van der Waals surface area contributed by atoms with Crippen LogP contribution < -0.4 is 19.6 Å². The van der Waals surface area contributed by atoms with Crippen LogP contribution in [-0.2, 0) is 23.8 Å². The first-order valence-corrected chi connectivity index (χ1v) is 18.7. The number of nitrogens with zero attached hydrogens (tertiary/aromatic N) is 2. The molecule has 0 aliphatic carbocycles. The summed E-state index contributed by atoms with van der Waals surface area (Å²) in [7, 11) is 1.61. The van der Waals surface area contributed by atoms with E-state index in [9.17, 15) is 14.4 Å². The van der Waals surface area contributed by atoms with Crippen molar-refractivity contribution in [3.63, 3.8) is 0 Å². The van der Waals surface area contributed by atoms with Gasteiger partial charge < -0.3 is 28.4 Å². The molecule has 0 bridgehead atoms. The normalized spacial score (nSPS) is 11.2. The number of carbonyl (C=O) groups excluding carboxylic acids is 3. The van der Waals surface area contributed by atoms with Crippen LogP contribution in [0.15, 0.2) is 121 Å². The number of anilines is 1. The first-order chi connectivity index (χ1) is 27.8. The van der Waals surface area contributed by atoms with Crippen LogP contribution >= 0.6 is 11.3 Å². The number of nitrogens with one attached hydrogen (secondary N) is 1. The molecular formula is C44H41N3O9S. The molecule has 292 valence electrons. The molecule has 1 unspecified atom stereocenters. The van der Waals surface area contributed by atoms with E-state index in [0.29, 0.717) is 41.6 Å². The van der Waals surface area contributed by atoms with Crippen LogP contribution in [0.1, 0.15) is 46.3 Å². The molecule has 1 heterocycles. The van der Waals surface area contributed by atoms with E-state index >= 15 is 0 Å². The fourth-order valence-corrected chi connectivity index (χ4v) is 5.82. The Morgan fingerprint density at radius 3 is 2.32 bits per heavy atom. The van der Waals surface area contributed by atoms with Crippen molar-refractivity contribution >= 4 is 50.8 Å².